The minimum Gasteiger partial charge on any atom is -0.378 e. The summed E-state index contributed by atoms with van der Waals surface area (Å²) in [5.74, 6) is 1.69. The van der Waals surface area contributed by atoms with Crippen LogP contribution in [0.1, 0.15) is 19.7 Å². The fourth-order valence-corrected chi connectivity index (χ4v) is 2.57. The number of nitrogens with one attached hydrogen (secondary N) is 1. The van der Waals surface area contributed by atoms with Crippen molar-refractivity contribution in [2.75, 3.05) is 5.32 Å². The number of fused-ring (bicyclic) bond motifs is 1. The van der Waals surface area contributed by atoms with Gasteiger partial charge in [0.2, 0.25) is 0 Å². The number of para-hydroxylation sites is 3. The van der Waals surface area contributed by atoms with E-state index in [4.69, 9.17) is 4.98 Å². The molecule has 0 unspecified atom stereocenters. The summed E-state index contributed by atoms with van der Waals surface area (Å²) >= 11 is 0. The monoisotopic (exact) mass is 279 g/mol. The second-order valence-corrected chi connectivity index (χ2v) is 5.74. The highest BCUT2D eigenvalue weighted by Crippen LogP contribution is 2.19. The summed E-state index contributed by atoms with van der Waals surface area (Å²) < 4.78 is 2.33. The van der Waals surface area contributed by atoms with Gasteiger partial charge in [-0.15, -0.1) is 0 Å². The van der Waals surface area contributed by atoms with Crippen molar-refractivity contribution in [1.29, 1.82) is 0 Å². The third-order valence-electron chi connectivity index (χ3n) is 3.51. The molecule has 0 aliphatic heterocycles. The second-order valence-electron chi connectivity index (χ2n) is 5.74. The first-order chi connectivity index (χ1) is 10.2. The summed E-state index contributed by atoms with van der Waals surface area (Å²) in [6.07, 6.45) is 0. The molecule has 0 atom stereocenters. The second kappa shape index (κ2) is 6.00. The predicted molar refractivity (Wildman–Crippen MR) is 88.3 cm³/mol. The maximum absolute atomic E-state index is 4.78. The molecule has 21 heavy (non-hydrogen) atoms. The lowest BCUT2D eigenvalue weighted by Crippen LogP contribution is -2.12. The zero-order valence-electron chi connectivity index (χ0n) is 12.6. The number of rotatable bonds is 5. The van der Waals surface area contributed by atoms with Crippen molar-refractivity contribution in [1.82, 2.24) is 9.55 Å². The van der Waals surface area contributed by atoms with E-state index in [-0.39, 0.29) is 0 Å². The number of imidazole rings is 1. The normalized spacial score (nSPS) is 11.2. The van der Waals surface area contributed by atoms with Crippen LogP contribution in [0.5, 0.6) is 0 Å². The van der Waals surface area contributed by atoms with E-state index in [2.05, 4.69) is 54.1 Å². The molecule has 108 valence electrons. The van der Waals surface area contributed by atoms with E-state index in [9.17, 15) is 0 Å². The predicted octanol–water partition coefficient (Wildman–Crippen LogP) is 4.30. The first-order valence-electron chi connectivity index (χ1n) is 7.47. The van der Waals surface area contributed by atoms with E-state index in [1.807, 2.05) is 24.3 Å². The molecule has 1 aromatic heterocycles. The largest absolute Gasteiger partial charge is 0.378 e. The first-order valence-corrected chi connectivity index (χ1v) is 7.47. The van der Waals surface area contributed by atoms with Gasteiger partial charge < -0.3 is 9.88 Å². The molecule has 3 aromatic rings. The Morgan fingerprint density at radius 3 is 2.48 bits per heavy atom. The van der Waals surface area contributed by atoms with Crippen LogP contribution in [0.15, 0.2) is 54.6 Å². The lowest BCUT2D eigenvalue weighted by molar-refractivity contribution is 0.519. The van der Waals surface area contributed by atoms with Gasteiger partial charge in [0.15, 0.2) is 0 Å². The molecule has 0 aliphatic rings. The van der Waals surface area contributed by atoms with Gasteiger partial charge in [0.05, 0.1) is 17.6 Å². The number of hydrogen-bond acceptors (Lipinski definition) is 2. The van der Waals surface area contributed by atoms with Crippen LogP contribution in [-0.4, -0.2) is 9.55 Å². The lowest BCUT2D eigenvalue weighted by Gasteiger charge is -2.12. The third kappa shape index (κ3) is 3.07. The van der Waals surface area contributed by atoms with Gasteiger partial charge in [-0.25, -0.2) is 4.98 Å². The van der Waals surface area contributed by atoms with Gasteiger partial charge in [-0.3, -0.25) is 0 Å². The van der Waals surface area contributed by atoms with Gasteiger partial charge in [0.25, 0.3) is 0 Å². The molecule has 3 heteroatoms. The van der Waals surface area contributed by atoms with Crippen LogP contribution < -0.4 is 5.32 Å². The van der Waals surface area contributed by atoms with E-state index >= 15 is 0 Å². The Kier molecular flexibility index (Phi) is 3.91. The summed E-state index contributed by atoms with van der Waals surface area (Å²) in [5, 5.41) is 3.45. The molecule has 3 nitrogen and oxygen atoms in total. The topological polar surface area (TPSA) is 29.9 Å². The van der Waals surface area contributed by atoms with Crippen molar-refractivity contribution in [2.24, 2.45) is 5.92 Å². The van der Waals surface area contributed by atoms with Crippen LogP contribution in [0.3, 0.4) is 0 Å². The van der Waals surface area contributed by atoms with E-state index in [0.29, 0.717) is 5.92 Å². The number of anilines is 1. The number of benzene rings is 2. The van der Waals surface area contributed by atoms with E-state index < -0.39 is 0 Å². The van der Waals surface area contributed by atoms with Gasteiger partial charge in [0.1, 0.15) is 5.82 Å². The highest BCUT2D eigenvalue weighted by Gasteiger charge is 2.11. The molecule has 2 aromatic carbocycles. The van der Waals surface area contributed by atoms with Gasteiger partial charge >= 0.3 is 0 Å². The van der Waals surface area contributed by atoms with Crippen LogP contribution in [0.4, 0.5) is 5.69 Å². The fourth-order valence-electron chi connectivity index (χ4n) is 2.57. The third-order valence-corrected chi connectivity index (χ3v) is 3.51. The molecule has 0 aliphatic carbocycles. The van der Waals surface area contributed by atoms with Gasteiger partial charge in [-0.1, -0.05) is 44.2 Å². The summed E-state index contributed by atoms with van der Waals surface area (Å²) in [6.45, 7) is 6.21. The molecule has 0 radical (unpaired) electrons. The van der Waals surface area contributed by atoms with E-state index in [1.54, 1.807) is 0 Å². The molecule has 0 saturated heterocycles. The Morgan fingerprint density at radius 2 is 1.71 bits per heavy atom. The maximum Gasteiger partial charge on any atom is 0.129 e. The average Bonchev–Trinajstić information content (AvgIpc) is 2.84. The minimum absolute atomic E-state index is 0.595. The van der Waals surface area contributed by atoms with Crippen molar-refractivity contribution in [2.45, 2.75) is 26.9 Å². The Labute approximate surface area is 125 Å². The number of aromatic nitrogens is 2. The highest BCUT2D eigenvalue weighted by molar-refractivity contribution is 5.76. The zero-order valence-corrected chi connectivity index (χ0v) is 12.6. The highest BCUT2D eigenvalue weighted by atomic mass is 15.1. The summed E-state index contributed by atoms with van der Waals surface area (Å²) in [7, 11) is 0. The Bertz CT molecular complexity index is 714. The zero-order chi connectivity index (χ0) is 14.7. The molecule has 1 N–H and O–H groups in total. The van der Waals surface area contributed by atoms with Crippen molar-refractivity contribution >= 4 is 16.7 Å². The molecule has 0 fully saturated rings. The van der Waals surface area contributed by atoms with Crippen LogP contribution in [-0.2, 0) is 13.1 Å². The minimum atomic E-state index is 0.595. The van der Waals surface area contributed by atoms with Crippen molar-refractivity contribution < 1.29 is 0 Å². The van der Waals surface area contributed by atoms with Crippen LogP contribution >= 0.6 is 0 Å². The molecular formula is C18H21N3. The number of hydrogen-bond donors (Lipinski definition) is 1. The van der Waals surface area contributed by atoms with E-state index in [0.717, 1.165) is 30.1 Å². The standard InChI is InChI=1S/C18H21N3/c1-14(2)13-21-17-11-7-6-10-16(17)20-18(21)12-19-15-8-4-3-5-9-15/h3-11,14,19H,12-13H2,1-2H3. The van der Waals surface area contributed by atoms with Crippen LogP contribution in [0.2, 0.25) is 0 Å². The number of nitrogens with zero attached hydrogens (tertiary/aromatic N) is 2. The Balaban J connectivity index is 1.89. The molecule has 3 rings (SSSR count). The first kappa shape index (κ1) is 13.7. The molecular weight excluding hydrogens is 258 g/mol. The maximum atomic E-state index is 4.78. The van der Waals surface area contributed by atoms with Crippen molar-refractivity contribution in [3.63, 3.8) is 0 Å². The van der Waals surface area contributed by atoms with Crippen molar-refractivity contribution in [3.8, 4) is 0 Å². The lowest BCUT2D eigenvalue weighted by atomic mass is 10.2. The van der Waals surface area contributed by atoms with Gasteiger partial charge in [0, 0.05) is 12.2 Å². The summed E-state index contributed by atoms with van der Waals surface area (Å²) in [4.78, 5) is 4.78. The molecule has 0 amide bonds. The van der Waals surface area contributed by atoms with Gasteiger partial charge in [-0.05, 0) is 30.2 Å². The quantitative estimate of drug-likeness (QED) is 0.754. The van der Waals surface area contributed by atoms with Crippen LogP contribution in [0, 0.1) is 5.92 Å². The summed E-state index contributed by atoms with van der Waals surface area (Å²) in [6, 6.07) is 18.6. The molecule has 1 heterocycles. The smallest absolute Gasteiger partial charge is 0.129 e. The molecule has 0 spiro atoms. The Morgan fingerprint density at radius 1 is 1.00 bits per heavy atom. The fraction of sp³-hybridized carbons (Fsp3) is 0.278. The van der Waals surface area contributed by atoms with Gasteiger partial charge in [-0.2, -0.15) is 0 Å². The molecule has 0 bridgehead atoms. The van der Waals surface area contributed by atoms with Crippen molar-refractivity contribution in [3.05, 3.63) is 60.4 Å². The van der Waals surface area contributed by atoms with E-state index in [1.165, 1.54) is 5.52 Å². The van der Waals surface area contributed by atoms with Crippen LogP contribution in [0.25, 0.3) is 11.0 Å². The Hall–Kier alpha value is -2.29. The summed E-state index contributed by atoms with van der Waals surface area (Å²) in [5.41, 5.74) is 3.42. The SMILES string of the molecule is CC(C)Cn1c(CNc2ccccc2)nc2ccccc21. The molecule has 0 saturated carbocycles. The average molecular weight is 279 g/mol.